The lowest BCUT2D eigenvalue weighted by Gasteiger charge is -1.97. The maximum absolute atomic E-state index is 12.0. The molecule has 7 heteroatoms. The monoisotopic (exact) mass is 302 g/mol. The van der Waals surface area contributed by atoms with Crippen LogP contribution in [0.25, 0.3) is 4.96 Å². The highest BCUT2D eigenvalue weighted by molar-refractivity contribution is 7.15. The van der Waals surface area contributed by atoms with Gasteiger partial charge in [-0.3, -0.25) is 9.20 Å². The van der Waals surface area contributed by atoms with E-state index < -0.39 is 0 Å². The van der Waals surface area contributed by atoms with Gasteiger partial charge in [0.15, 0.2) is 4.96 Å². The molecular formula is C14H14N4O2S. The predicted octanol–water partition coefficient (Wildman–Crippen LogP) is 2.68. The van der Waals surface area contributed by atoms with Gasteiger partial charge in [-0.25, -0.2) is 10.4 Å². The Labute approximate surface area is 125 Å². The van der Waals surface area contributed by atoms with E-state index in [0.29, 0.717) is 17.1 Å². The first-order valence-electron chi connectivity index (χ1n) is 6.39. The van der Waals surface area contributed by atoms with Crippen LogP contribution in [-0.2, 0) is 0 Å². The molecule has 0 saturated heterocycles. The summed E-state index contributed by atoms with van der Waals surface area (Å²) < 4.78 is 7.26. The van der Waals surface area contributed by atoms with Gasteiger partial charge in [-0.2, -0.15) is 5.10 Å². The van der Waals surface area contributed by atoms with Crippen molar-refractivity contribution < 1.29 is 9.21 Å². The number of aryl methyl sites for hydroxylation is 3. The highest BCUT2D eigenvalue weighted by Gasteiger charge is 2.13. The summed E-state index contributed by atoms with van der Waals surface area (Å²) in [7, 11) is 0. The van der Waals surface area contributed by atoms with E-state index >= 15 is 0 Å². The molecule has 0 aliphatic carbocycles. The summed E-state index contributed by atoms with van der Waals surface area (Å²) in [6.45, 7) is 5.46. The average molecular weight is 302 g/mol. The van der Waals surface area contributed by atoms with Crippen molar-refractivity contribution in [1.29, 1.82) is 0 Å². The second-order valence-corrected chi connectivity index (χ2v) is 5.54. The number of amides is 1. The molecule has 21 heavy (non-hydrogen) atoms. The van der Waals surface area contributed by atoms with Crippen molar-refractivity contribution in [1.82, 2.24) is 14.8 Å². The van der Waals surface area contributed by atoms with E-state index in [9.17, 15) is 4.79 Å². The van der Waals surface area contributed by atoms with Crippen LogP contribution in [0.5, 0.6) is 0 Å². The van der Waals surface area contributed by atoms with Crippen molar-refractivity contribution in [3.05, 3.63) is 46.1 Å². The maximum atomic E-state index is 12.0. The highest BCUT2D eigenvalue weighted by Crippen LogP contribution is 2.15. The van der Waals surface area contributed by atoms with Gasteiger partial charge in [0.2, 0.25) is 0 Å². The number of furan rings is 1. The molecule has 0 aromatic carbocycles. The van der Waals surface area contributed by atoms with Crippen molar-refractivity contribution >= 4 is 28.4 Å². The van der Waals surface area contributed by atoms with Crippen LogP contribution in [0.1, 0.15) is 33.3 Å². The maximum Gasteiger partial charge on any atom is 0.274 e. The summed E-state index contributed by atoms with van der Waals surface area (Å²) in [5.74, 6) is 0.999. The third kappa shape index (κ3) is 2.47. The number of thiazole rings is 1. The first-order chi connectivity index (χ1) is 10.1. The third-order valence-corrected chi connectivity index (χ3v) is 3.88. The lowest BCUT2D eigenvalue weighted by Crippen LogP contribution is -2.18. The van der Waals surface area contributed by atoms with Crippen molar-refractivity contribution in [2.45, 2.75) is 20.8 Å². The van der Waals surface area contributed by atoms with E-state index in [1.54, 1.807) is 37.5 Å². The fourth-order valence-corrected chi connectivity index (χ4v) is 2.90. The van der Waals surface area contributed by atoms with Crippen LogP contribution >= 0.6 is 11.3 Å². The average Bonchev–Trinajstić information content (AvgIpc) is 3.07. The molecule has 1 N–H and O–H groups in total. The zero-order valence-corrected chi connectivity index (χ0v) is 12.7. The second kappa shape index (κ2) is 5.17. The predicted molar refractivity (Wildman–Crippen MR) is 81.0 cm³/mol. The molecule has 3 rings (SSSR count). The summed E-state index contributed by atoms with van der Waals surface area (Å²) in [6.07, 6.45) is 3.52. The van der Waals surface area contributed by atoms with E-state index in [1.807, 2.05) is 22.9 Å². The molecule has 0 aliphatic rings. The Bertz CT molecular complexity index is 841. The molecule has 3 aromatic heterocycles. The molecule has 1 amide bonds. The lowest BCUT2D eigenvalue weighted by molar-refractivity contribution is 0.0953. The molecule has 3 aromatic rings. The van der Waals surface area contributed by atoms with Gasteiger partial charge in [0, 0.05) is 11.6 Å². The Morgan fingerprint density at radius 3 is 3.00 bits per heavy atom. The summed E-state index contributed by atoms with van der Waals surface area (Å²) in [6, 6.07) is 1.70. The summed E-state index contributed by atoms with van der Waals surface area (Å²) in [5, 5.41) is 5.96. The Balaban J connectivity index is 1.78. The van der Waals surface area contributed by atoms with Gasteiger partial charge in [-0.15, -0.1) is 11.3 Å². The van der Waals surface area contributed by atoms with E-state index in [1.165, 1.54) is 0 Å². The van der Waals surface area contributed by atoms with Gasteiger partial charge in [-0.05, 0) is 26.8 Å². The van der Waals surface area contributed by atoms with Gasteiger partial charge in [0.05, 0.1) is 23.2 Å². The molecule has 0 atom stereocenters. The number of imidazole rings is 1. The van der Waals surface area contributed by atoms with E-state index in [0.717, 1.165) is 16.3 Å². The third-order valence-electron chi connectivity index (χ3n) is 3.12. The molecule has 0 aliphatic heterocycles. The van der Waals surface area contributed by atoms with Crippen molar-refractivity contribution in [2.75, 3.05) is 0 Å². The Morgan fingerprint density at radius 1 is 1.48 bits per heavy atom. The van der Waals surface area contributed by atoms with Gasteiger partial charge in [0.1, 0.15) is 11.5 Å². The van der Waals surface area contributed by atoms with Crippen LogP contribution in [0, 0.1) is 20.8 Å². The highest BCUT2D eigenvalue weighted by atomic mass is 32.1. The minimum absolute atomic E-state index is 0.288. The molecule has 0 bridgehead atoms. The Hall–Kier alpha value is -2.41. The number of carbonyl (C=O) groups is 1. The normalized spacial score (nSPS) is 11.6. The quantitative estimate of drug-likeness (QED) is 0.597. The zero-order valence-electron chi connectivity index (χ0n) is 11.9. The number of hydrazone groups is 1. The number of carbonyl (C=O) groups excluding carboxylic acids is 1. The standard InChI is InChI=1S/C14H14N4O2S/c1-8-6-11(10(3)20-8)13(19)17-15-7-12-9(2)16-14-18(12)4-5-21-14/h4-7H,1-3H3,(H,17,19). The first-order valence-corrected chi connectivity index (χ1v) is 7.27. The number of hydrogen-bond acceptors (Lipinski definition) is 5. The summed E-state index contributed by atoms with van der Waals surface area (Å²) in [5.41, 5.74) is 4.73. The van der Waals surface area contributed by atoms with Crippen molar-refractivity contribution in [3.8, 4) is 0 Å². The summed E-state index contributed by atoms with van der Waals surface area (Å²) >= 11 is 1.55. The summed E-state index contributed by atoms with van der Waals surface area (Å²) in [4.78, 5) is 17.3. The van der Waals surface area contributed by atoms with Gasteiger partial charge in [0.25, 0.3) is 5.91 Å². The smallest absolute Gasteiger partial charge is 0.274 e. The minimum atomic E-state index is -0.288. The molecule has 3 heterocycles. The molecule has 0 unspecified atom stereocenters. The molecule has 0 fully saturated rings. The second-order valence-electron chi connectivity index (χ2n) is 4.66. The SMILES string of the molecule is Cc1cc(C(=O)NN=Cc2c(C)nc3sccn23)c(C)o1. The first kappa shape index (κ1) is 13.6. The minimum Gasteiger partial charge on any atom is -0.466 e. The van der Waals surface area contributed by atoms with Crippen LogP contribution in [-0.4, -0.2) is 21.5 Å². The van der Waals surface area contributed by atoms with Crippen LogP contribution < -0.4 is 5.43 Å². The van der Waals surface area contributed by atoms with E-state index in [2.05, 4.69) is 15.5 Å². The van der Waals surface area contributed by atoms with E-state index in [4.69, 9.17) is 4.42 Å². The molecular weight excluding hydrogens is 288 g/mol. The Kier molecular flexibility index (Phi) is 3.34. The van der Waals surface area contributed by atoms with Crippen LogP contribution in [0.4, 0.5) is 0 Å². The largest absolute Gasteiger partial charge is 0.466 e. The molecule has 0 radical (unpaired) electrons. The van der Waals surface area contributed by atoms with Gasteiger partial charge in [-0.1, -0.05) is 0 Å². The molecule has 108 valence electrons. The zero-order chi connectivity index (χ0) is 15.0. The topological polar surface area (TPSA) is 71.9 Å². The van der Waals surface area contributed by atoms with Crippen molar-refractivity contribution in [3.63, 3.8) is 0 Å². The number of rotatable bonds is 3. The number of fused-ring (bicyclic) bond motifs is 1. The number of nitrogens with zero attached hydrogens (tertiary/aromatic N) is 3. The molecule has 6 nitrogen and oxygen atoms in total. The van der Waals surface area contributed by atoms with Crippen molar-refractivity contribution in [2.24, 2.45) is 5.10 Å². The van der Waals surface area contributed by atoms with Gasteiger partial charge >= 0.3 is 0 Å². The van der Waals surface area contributed by atoms with Crippen LogP contribution in [0.3, 0.4) is 0 Å². The number of nitrogens with one attached hydrogen (secondary N) is 1. The fraction of sp³-hybridized carbons (Fsp3) is 0.214. The number of aromatic nitrogens is 2. The molecule has 0 spiro atoms. The van der Waals surface area contributed by atoms with Crippen LogP contribution in [0.15, 0.2) is 27.2 Å². The number of hydrogen-bond donors (Lipinski definition) is 1. The Morgan fingerprint density at radius 2 is 2.29 bits per heavy atom. The fourth-order valence-electron chi connectivity index (χ4n) is 2.14. The van der Waals surface area contributed by atoms with Crippen LogP contribution in [0.2, 0.25) is 0 Å². The molecule has 0 saturated carbocycles. The van der Waals surface area contributed by atoms with Gasteiger partial charge < -0.3 is 4.42 Å². The van der Waals surface area contributed by atoms with E-state index in [-0.39, 0.29) is 5.91 Å². The lowest BCUT2D eigenvalue weighted by atomic mass is 10.2.